The van der Waals surface area contributed by atoms with Gasteiger partial charge in [-0.15, -0.1) is 0 Å². The number of benzene rings is 2. The summed E-state index contributed by atoms with van der Waals surface area (Å²) in [6.45, 7) is 0. The highest BCUT2D eigenvalue weighted by atomic mass is 32.1. The molecule has 35 heavy (non-hydrogen) atoms. The Morgan fingerprint density at radius 3 is 2.49 bits per heavy atom. The number of hydrogen-bond acceptors (Lipinski definition) is 6. The summed E-state index contributed by atoms with van der Waals surface area (Å²) in [7, 11) is 0. The van der Waals surface area contributed by atoms with E-state index in [1.54, 1.807) is 18.2 Å². The van der Waals surface area contributed by atoms with Crippen LogP contribution in [0.1, 0.15) is 40.0 Å². The van der Waals surface area contributed by atoms with Gasteiger partial charge in [0.25, 0.3) is 0 Å². The molecular weight excluding hydrogens is 494 g/mol. The first-order chi connectivity index (χ1) is 16.5. The van der Waals surface area contributed by atoms with E-state index in [1.165, 1.54) is 6.21 Å². The fourth-order valence-corrected chi connectivity index (χ4v) is 4.74. The van der Waals surface area contributed by atoms with Gasteiger partial charge in [-0.3, -0.25) is 0 Å². The molecule has 0 saturated heterocycles. The lowest BCUT2D eigenvalue weighted by atomic mass is 9.94. The van der Waals surface area contributed by atoms with Gasteiger partial charge in [-0.2, -0.15) is 41.5 Å². The molecule has 2 N–H and O–H groups in total. The zero-order valence-corrected chi connectivity index (χ0v) is 18.5. The van der Waals surface area contributed by atoms with Crippen LogP contribution in [0.5, 0.6) is 5.88 Å². The van der Waals surface area contributed by atoms with Crippen LogP contribution in [0.15, 0.2) is 46.6 Å². The van der Waals surface area contributed by atoms with Crippen molar-refractivity contribution in [3.05, 3.63) is 74.1 Å². The van der Waals surface area contributed by atoms with E-state index in [4.69, 9.17) is 0 Å². The summed E-state index contributed by atoms with van der Waals surface area (Å²) >= 11 is 1.08. The van der Waals surface area contributed by atoms with Gasteiger partial charge in [0.1, 0.15) is 0 Å². The second kappa shape index (κ2) is 8.36. The Bertz CT molecular complexity index is 1450. The van der Waals surface area contributed by atoms with Crippen molar-refractivity contribution >= 4 is 28.3 Å². The Morgan fingerprint density at radius 1 is 1.03 bits per heavy atom. The van der Waals surface area contributed by atoms with Gasteiger partial charge in [0.05, 0.1) is 27.6 Å². The van der Waals surface area contributed by atoms with Crippen molar-refractivity contribution in [3.8, 4) is 5.88 Å². The van der Waals surface area contributed by atoms with E-state index in [0.717, 1.165) is 30.2 Å². The summed E-state index contributed by atoms with van der Waals surface area (Å²) < 4.78 is 80.8. The van der Waals surface area contributed by atoms with Gasteiger partial charge in [0.2, 0.25) is 5.88 Å². The number of aromatic hydroxyl groups is 1. The van der Waals surface area contributed by atoms with Crippen LogP contribution in [0.3, 0.4) is 0 Å². The highest BCUT2D eigenvalue weighted by Gasteiger charge is 2.38. The minimum absolute atomic E-state index is 0.119. The minimum Gasteiger partial charge on any atom is -0.492 e. The molecule has 12 heteroatoms. The van der Waals surface area contributed by atoms with Crippen molar-refractivity contribution in [3.63, 3.8) is 0 Å². The number of halogens is 6. The zero-order chi connectivity index (χ0) is 25.0. The van der Waals surface area contributed by atoms with E-state index in [0.29, 0.717) is 27.3 Å². The number of nitrogens with zero attached hydrogens (tertiary/aromatic N) is 3. The maximum atomic E-state index is 13.8. The van der Waals surface area contributed by atoms with Crippen LogP contribution in [-0.2, 0) is 18.8 Å². The summed E-state index contributed by atoms with van der Waals surface area (Å²) in [6, 6.07) is 6.72. The predicted molar refractivity (Wildman–Crippen MR) is 118 cm³/mol. The molecule has 5 rings (SSSR count). The molecule has 0 atom stereocenters. The van der Waals surface area contributed by atoms with Crippen molar-refractivity contribution in [2.75, 3.05) is 5.32 Å². The van der Waals surface area contributed by atoms with Gasteiger partial charge in [-0.25, -0.2) is 0 Å². The topological polar surface area (TPSA) is 69.9 Å². The molecule has 182 valence electrons. The van der Waals surface area contributed by atoms with Crippen molar-refractivity contribution in [2.45, 2.75) is 37.7 Å². The van der Waals surface area contributed by atoms with E-state index in [2.05, 4.69) is 20.5 Å². The normalized spacial score (nSPS) is 16.2. The lowest BCUT2D eigenvalue weighted by Crippen LogP contribution is -2.18. The molecule has 0 bridgehead atoms. The molecule has 1 aliphatic heterocycles. The molecular formula is C23H16F6N4OS. The van der Waals surface area contributed by atoms with E-state index in [-0.39, 0.29) is 34.0 Å². The molecule has 0 amide bonds. The van der Waals surface area contributed by atoms with E-state index in [9.17, 15) is 31.4 Å². The largest absolute Gasteiger partial charge is 0.492 e. The first-order valence-electron chi connectivity index (χ1n) is 10.5. The quantitative estimate of drug-likeness (QED) is 0.482. The Morgan fingerprint density at radius 2 is 1.80 bits per heavy atom. The maximum Gasteiger partial charge on any atom is 0.416 e. The number of fused-ring (bicyclic) bond motifs is 1. The highest BCUT2D eigenvalue weighted by molar-refractivity contribution is 7.17. The van der Waals surface area contributed by atoms with Crippen LogP contribution in [0.25, 0.3) is 5.57 Å². The number of anilines is 1. The summed E-state index contributed by atoms with van der Waals surface area (Å²) in [5, 5.41) is 22.9. The van der Waals surface area contributed by atoms with Gasteiger partial charge in [0.15, 0.2) is 5.13 Å². The molecule has 2 aliphatic rings. The van der Waals surface area contributed by atoms with Gasteiger partial charge in [-0.1, -0.05) is 23.5 Å². The van der Waals surface area contributed by atoms with Gasteiger partial charge in [-0.05, 0) is 53.5 Å². The molecule has 0 spiro atoms. The first kappa shape index (κ1) is 23.3. The fourth-order valence-electron chi connectivity index (χ4n) is 3.74. The molecule has 0 unspecified atom stereocenters. The van der Waals surface area contributed by atoms with Crippen molar-refractivity contribution < 1.29 is 31.4 Å². The minimum atomic E-state index is -5.01. The molecule has 2 aromatic carbocycles. The second-order valence-electron chi connectivity index (χ2n) is 8.23. The number of nitrogens with one attached hydrogen (secondary N) is 1. The van der Waals surface area contributed by atoms with Crippen LogP contribution in [0, 0.1) is 0 Å². The molecule has 5 nitrogen and oxygen atoms in total. The number of alkyl halides is 6. The Hall–Kier alpha value is -3.41. The average Bonchev–Trinajstić information content (AvgIpc) is 3.33. The molecule has 1 fully saturated rings. The highest BCUT2D eigenvalue weighted by Crippen LogP contribution is 2.41. The Kier molecular flexibility index (Phi) is 5.58. The summed E-state index contributed by atoms with van der Waals surface area (Å²) in [5.41, 5.74) is -2.21. The SMILES string of the molecule is Oc1nc(NC2CC2)sc1C(Cc1ccc(C(F)(F)F)cc1C(F)(F)F)=c1ccc2c(c1)C=NN=2. The van der Waals surface area contributed by atoms with Crippen molar-refractivity contribution in [2.24, 2.45) is 10.2 Å². The van der Waals surface area contributed by atoms with E-state index >= 15 is 0 Å². The number of aromatic nitrogens is 1. The molecule has 2 heterocycles. The molecule has 1 aromatic heterocycles. The van der Waals surface area contributed by atoms with Crippen molar-refractivity contribution in [1.29, 1.82) is 0 Å². The standard InChI is InChI=1S/C23H16F6N4OS/c24-22(25,26)14-3-1-12(17(9-14)23(27,28)29)8-16(11-2-6-18-13(7-11)10-30-33-18)19-20(34)32-21(35-19)31-15-4-5-15/h1-3,6-7,9-10,15,34H,4-5,8H2,(H,31,32). The van der Waals surface area contributed by atoms with Crippen LogP contribution in [0.2, 0.25) is 0 Å². The fraction of sp³-hybridized carbons (Fsp3) is 0.261. The number of rotatable bonds is 5. The van der Waals surface area contributed by atoms with Gasteiger partial charge < -0.3 is 10.4 Å². The zero-order valence-electron chi connectivity index (χ0n) is 17.7. The number of thiazole rings is 1. The third-order valence-corrected chi connectivity index (χ3v) is 6.67. The predicted octanol–water partition coefficient (Wildman–Crippen LogP) is 4.87. The summed E-state index contributed by atoms with van der Waals surface area (Å²) in [6.07, 6.45) is -6.95. The molecule has 1 saturated carbocycles. The van der Waals surface area contributed by atoms with Gasteiger partial charge in [0, 0.05) is 18.0 Å². The van der Waals surface area contributed by atoms with E-state index < -0.39 is 29.9 Å². The molecule has 3 aromatic rings. The smallest absolute Gasteiger partial charge is 0.416 e. The number of hydrogen-bond donors (Lipinski definition) is 2. The van der Waals surface area contributed by atoms with Gasteiger partial charge >= 0.3 is 12.4 Å². The summed E-state index contributed by atoms with van der Waals surface area (Å²) in [5.74, 6) is -0.368. The Balaban J connectivity index is 1.67. The lowest BCUT2D eigenvalue weighted by molar-refractivity contribution is -0.143. The molecule has 1 aliphatic carbocycles. The third-order valence-electron chi connectivity index (χ3n) is 5.64. The van der Waals surface area contributed by atoms with E-state index in [1.807, 2.05) is 0 Å². The van der Waals surface area contributed by atoms with Crippen LogP contribution < -0.4 is 15.9 Å². The first-order valence-corrected chi connectivity index (χ1v) is 11.3. The summed E-state index contributed by atoms with van der Waals surface area (Å²) in [4.78, 5) is 4.32. The van der Waals surface area contributed by atoms with Crippen LogP contribution in [0.4, 0.5) is 31.5 Å². The molecule has 0 radical (unpaired) electrons. The third kappa shape index (κ3) is 4.88. The Labute approximate surface area is 198 Å². The van der Waals surface area contributed by atoms with Crippen LogP contribution >= 0.6 is 11.3 Å². The van der Waals surface area contributed by atoms with Crippen molar-refractivity contribution in [1.82, 2.24) is 4.98 Å². The lowest BCUT2D eigenvalue weighted by Gasteiger charge is -2.17. The van der Waals surface area contributed by atoms with Crippen LogP contribution in [-0.4, -0.2) is 22.3 Å². The average molecular weight is 510 g/mol. The maximum absolute atomic E-state index is 13.8. The second-order valence-corrected chi connectivity index (χ2v) is 9.23. The monoisotopic (exact) mass is 510 g/mol.